The number of para-hydroxylation sites is 2. The van der Waals surface area contributed by atoms with Crippen molar-refractivity contribution >= 4 is 57.5 Å². The van der Waals surface area contributed by atoms with Crippen LogP contribution in [0.15, 0.2) is 70.6 Å². The van der Waals surface area contributed by atoms with E-state index >= 15 is 0 Å². The minimum absolute atomic E-state index is 0.0230. The van der Waals surface area contributed by atoms with Gasteiger partial charge in [-0.05, 0) is 48.2 Å². The molecular weight excluding hydrogens is 489 g/mol. The molecule has 0 radical (unpaired) electrons. The van der Waals surface area contributed by atoms with E-state index in [9.17, 15) is 9.59 Å². The van der Waals surface area contributed by atoms with Gasteiger partial charge in [0.05, 0.1) is 38.1 Å². The van der Waals surface area contributed by atoms with Gasteiger partial charge in [-0.15, -0.1) is 0 Å². The smallest absolute Gasteiger partial charge is 0.266 e. The number of aryl methyl sites for hydroxylation is 1. The Kier molecular flexibility index (Phi) is 7.31. The van der Waals surface area contributed by atoms with E-state index in [0.29, 0.717) is 31.8 Å². The van der Waals surface area contributed by atoms with Crippen LogP contribution in [0.5, 0.6) is 0 Å². The predicted molar refractivity (Wildman–Crippen MR) is 142 cm³/mol. The predicted octanol–water partition coefficient (Wildman–Crippen LogP) is 6.86. The number of carbonyl (C=O) groups excluding carboxylic acids is 1. The molecule has 0 aliphatic carbocycles. The molecular formula is C26H23Cl2N3O2S. The largest absolute Gasteiger partial charge is 0.323 e. The number of hydrogen-bond acceptors (Lipinski definition) is 4. The van der Waals surface area contributed by atoms with E-state index in [1.165, 1.54) is 11.8 Å². The quantitative estimate of drug-likeness (QED) is 0.227. The summed E-state index contributed by atoms with van der Waals surface area (Å²) in [7, 11) is 0. The fraction of sp³-hybridized carbons (Fsp3) is 0.192. The standard InChI is InChI=1S/C26H23Cl2N3O2S/c1-15(2)17-8-5-7-11-21(17)31-25(33)18-9-4-6-10-20(18)29-26(31)34-14-22(32)30-24-19(27)13-12-16(3)23(24)28/h4-13,15H,14H2,1-3H3,(H,30,32). The van der Waals surface area contributed by atoms with Crippen LogP contribution in [0, 0.1) is 6.92 Å². The molecule has 0 fully saturated rings. The summed E-state index contributed by atoms with van der Waals surface area (Å²) < 4.78 is 1.60. The van der Waals surface area contributed by atoms with Gasteiger partial charge in [0.25, 0.3) is 5.56 Å². The van der Waals surface area contributed by atoms with Gasteiger partial charge < -0.3 is 5.32 Å². The Morgan fingerprint density at radius 1 is 1.06 bits per heavy atom. The van der Waals surface area contributed by atoms with E-state index in [0.717, 1.165) is 16.8 Å². The molecule has 4 rings (SSSR count). The van der Waals surface area contributed by atoms with E-state index in [1.54, 1.807) is 28.8 Å². The number of aromatic nitrogens is 2. The number of carbonyl (C=O) groups is 1. The summed E-state index contributed by atoms with van der Waals surface area (Å²) in [5.74, 6) is -0.0818. The number of hydrogen-bond donors (Lipinski definition) is 1. The van der Waals surface area contributed by atoms with Crippen LogP contribution in [0.3, 0.4) is 0 Å². The van der Waals surface area contributed by atoms with Crippen molar-refractivity contribution < 1.29 is 4.79 Å². The van der Waals surface area contributed by atoms with Crippen molar-refractivity contribution in [3.63, 3.8) is 0 Å². The summed E-state index contributed by atoms with van der Waals surface area (Å²) in [4.78, 5) is 31.1. The Morgan fingerprint density at radius 3 is 2.53 bits per heavy atom. The molecule has 0 aliphatic heterocycles. The van der Waals surface area contributed by atoms with E-state index in [1.807, 2.05) is 43.3 Å². The first kappa shape index (κ1) is 24.3. The third-order valence-corrected chi connectivity index (χ3v) is 7.17. The fourth-order valence-corrected chi connectivity index (χ4v) is 4.95. The van der Waals surface area contributed by atoms with Crippen molar-refractivity contribution in [3.8, 4) is 5.69 Å². The summed E-state index contributed by atoms with van der Waals surface area (Å²) in [6.45, 7) is 5.99. The molecule has 1 aromatic heterocycles. The van der Waals surface area contributed by atoms with Crippen LogP contribution in [0.4, 0.5) is 5.69 Å². The summed E-state index contributed by atoms with van der Waals surface area (Å²) in [6, 6.07) is 18.5. The molecule has 8 heteroatoms. The van der Waals surface area contributed by atoms with Gasteiger partial charge in [0.1, 0.15) is 0 Å². The van der Waals surface area contributed by atoms with Crippen LogP contribution in [0.2, 0.25) is 10.0 Å². The number of halogens is 2. The molecule has 0 saturated carbocycles. The molecule has 1 N–H and O–H groups in total. The Labute approximate surface area is 212 Å². The zero-order chi connectivity index (χ0) is 24.4. The lowest BCUT2D eigenvalue weighted by Gasteiger charge is -2.18. The maximum absolute atomic E-state index is 13.6. The summed E-state index contributed by atoms with van der Waals surface area (Å²) in [6.07, 6.45) is 0. The molecule has 174 valence electrons. The molecule has 5 nitrogen and oxygen atoms in total. The first-order valence-electron chi connectivity index (χ1n) is 10.8. The third-order valence-electron chi connectivity index (χ3n) is 5.43. The second-order valence-corrected chi connectivity index (χ2v) is 9.88. The zero-order valence-electron chi connectivity index (χ0n) is 18.9. The molecule has 0 unspecified atom stereocenters. The maximum Gasteiger partial charge on any atom is 0.266 e. The molecule has 0 atom stereocenters. The second-order valence-electron chi connectivity index (χ2n) is 8.16. The lowest BCUT2D eigenvalue weighted by Crippen LogP contribution is -2.24. The molecule has 0 spiro atoms. The highest BCUT2D eigenvalue weighted by molar-refractivity contribution is 7.99. The van der Waals surface area contributed by atoms with Gasteiger partial charge >= 0.3 is 0 Å². The first-order valence-corrected chi connectivity index (χ1v) is 12.5. The van der Waals surface area contributed by atoms with Crippen molar-refractivity contribution in [2.45, 2.75) is 31.8 Å². The van der Waals surface area contributed by atoms with E-state index < -0.39 is 0 Å². The first-order chi connectivity index (χ1) is 16.3. The van der Waals surface area contributed by atoms with Crippen molar-refractivity contribution in [2.24, 2.45) is 0 Å². The van der Waals surface area contributed by atoms with Crippen molar-refractivity contribution in [1.82, 2.24) is 9.55 Å². The van der Waals surface area contributed by atoms with Crippen molar-refractivity contribution in [3.05, 3.63) is 92.2 Å². The number of nitrogens with one attached hydrogen (secondary N) is 1. The molecule has 0 aliphatic rings. The highest BCUT2D eigenvalue weighted by Gasteiger charge is 2.19. The van der Waals surface area contributed by atoms with Gasteiger partial charge in [-0.3, -0.25) is 14.2 Å². The number of benzene rings is 3. The van der Waals surface area contributed by atoms with Crippen LogP contribution < -0.4 is 10.9 Å². The molecule has 34 heavy (non-hydrogen) atoms. The van der Waals surface area contributed by atoms with Crippen LogP contribution in [-0.2, 0) is 4.79 Å². The molecule has 0 bridgehead atoms. The summed E-state index contributed by atoms with van der Waals surface area (Å²) in [5.41, 5.74) is 3.37. The Balaban J connectivity index is 1.73. The number of rotatable bonds is 6. The van der Waals surface area contributed by atoms with E-state index in [2.05, 4.69) is 19.2 Å². The van der Waals surface area contributed by atoms with Gasteiger partial charge in [-0.2, -0.15) is 0 Å². The number of nitrogens with zero attached hydrogens (tertiary/aromatic N) is 2. The third kappa shape index (κ3) is 4.85. The normalized spacial score (nSPS) is 11.2. The van der Waals surface area contributed by atoms with Crippen molar-refractivity contribution in [1.29, 1.82) is 0 Å². The van der Waals surface area contributed by atoms with Crippen LogP contribution >= 0.6 is 35.0 Å². The monoisotopic (exact) mass is 511 g/mol. The van der Waals surface area contributed by atoms with Gasteiger partial charge in [-0.1, -0.05) is 85.2 Å². The zero-order valence-corrected chi connectivity index (χ0v) is 21.3. The van der Waals surface area contributed by atoms with Crippen LogP contribution in [0.1, 0.15) is 30.9 Å². The molecule has 4 aromatic rings. The molecule has 0 saturated heterocycles. The van der Waals surface area contributed by atoms with Gasteiger partial charge in [0, 0.05) is 0 Å². The maximum atomic E-state index is 13.6. The topological polar surface area (TPSA) is 64.0 Å². The number of anilines is 1. The van der Waals surface area contributed by atoms with E-state index in [4.69, 9.17) is 28.2 Å². The average Bonchev–Trinajstić information content (AvgIpc) is 2.83. The molecule has 1 amide bonds. The average molecular weight is 512 g/mol. The summed E-state index contributed by atoms with van der Waals surface area (Å²) in [5, 5.41) is 4.51. The van der Waals surface area contributed by atoms with Crippen molar-refractivity contribution in [2.75, 3.05) is 11.1 Å². The number of amides is 1. The van der Waals surface area contributed by atoms with E-state index in [-0.39, 0.29) is 23.1 Å². The lowest BCUT2D eigenvalue weighted by atomic mass is 10.0. The SMILES string of the molecule is Cc1ccc(Cl)c(NC(=O)CSc2nc3ccccc3c(=O)n2-c2ccccc2C(C)C)c1Cl. The number of fused-ring (bicyclic) bond motifs is 1. The van der Waals surface area contributed by atoms with Crippen LogP contribution in [0.25, 0.3) is 16.6 Å². The van der Waals surface area contributed by atoms with Gasteiger partial charge in [0.15, 0.2) is 5.16 Å². The summed E-state index contributed by atoms with van der Waals surface area (Å²) >= 11 is 13.8. The van der Waals surface area contributed by atoms with Gasteiger partial charge in [0.2, 0.25) is 5.91 Å². The lowest BCUT2D eigenvalue weighted by molar-refractivity contribution is -0.113. The highest BCUT2D eigenvalue weighted by Crippen LogP contribution is 2.33. The van der Waals surface area contributed by atoms with Crippen LogP contribution in [-0.4, -0.2) is 21.2 Å². The molecule has 3 aromatic carbocycles. The minimum Gasteiger partial charge on any atom is -0.323 e. The fourth-order valence-electron chi connectivity index (χ4n) is 3.68. The minimum atomic E-state index is -0.300. The second kappa shape index (κ2) is 10.2. The Bertz CT molecular complexity index is 1450. The number of thioether (sulfide) groups is 1. The Hall–Kier alpha value is -2.80. The Morgan fingerprint density at radius 2 is 1.76 bits per heavy atom. The highest BCUT2D eigenvalue weighted by atomic mass is 35.5. The molecule has 1 heterocycles. The van der Waals surface area contributed by atoms with Gasteiger partial charge in [-0.25, -0.2) is 4.98 Å².